The van der Waals surface area contributed by atoms with Crippen LogP contribution >= 0.6 is 12.6 Å². The topological polar surface area (TPSA) is 38.9 Å². The molecule has 3 heteroatoms. The number of hydrogen-bond acceptors (Lipinski definition) is 3. The number of hydrogen-bond donors (Lipinski definition) is 2. The molecule has 0 aliphatic carbocycles. The summed E-state index contributed by atoms with van der Waals surface area (Å²) in [5.74, 6) is 0.703. The van der Waals surface area contributed by atoms with E-state index >= 15 is 0 Å². The molecule has 12 heavy (non-hydrogen) atoms. The van der Waals surface area contributed by atoms with Crippen molar-refractivity contribution in [3.8, 4) is 0 Å². The quantitative estimate of drug-likeness (QED) is 0.682. The highest BCUT2D eigenvalue weighted by Crippen LogP contribution is 2.14. The zero-order chi connectivity index (χ0) is 8.97. The Labute approximate surface area is 77.9 Å². The maximum Gasteiger partial charge on any atom is 0.0858 e. The van der Waals surface area contributed by atoms with Crippen LogP contribution in [0, 0.1) is 6.92 Å². The molecular formula is C9H12N2S. The van der Waals surface area contributed by atoms with E-state index in [1.54, 1.807) is 6.20 Å². The molecule has 0 unspecified atom stereocenters. The van der Waals surface area contributed by atoms with Crippen molar-refractivity contribution in [3.05, 3.63) is 29.6 Å². The van der Waals surface area contributed by atoms with Gasteiger partial charge in [0.1, 0.15) is 0 Å². The second-order valence-electron chi connectivity index (χ2n) is 2.51. The number of anilines is 1. The van der Waals surface area contributed by atoms with Crippen molar-refractivity contribution in [2.24, 2.45) is 0 Å². The molecule has 0 bridgehead atoms. The van der Waals surface area contributed by atoms with E-state index in [0.717, 1.165) is 16.9 Å². The number of pyridine rings is 1. The number of aromatic nitrogens is 1. The minimum absolute atomic E-state index is 0.703. The van der Waals surface area contributed by atoms with Crippen molar-refractivity contribution in [3.63, 3.8) is 0 Å². The van der Waals surface area contributed by atoms with Crippen molar-refractivity contribution < 1.29 is 0 Å². The molecule has 0 aliphatic heterocycles. The Morgan fingerprint density at radius 3 is 3.08 bits per heavy atom. The third kappa shape index (κ3) is 2.01. The molecule has 0 spiro atoms. The lowest BCUT2D eigenvalue weighted by molar-refractivity contribution is 1.26. The van der Waals surface area contributed by atoms with Crippen molar-refractivity contribution in [2.75, 3.05) is 11.5 Å². The van der Waals surface area contributed by atoms with Crippen molar-refractivity contribution in [1.29, 1.82) is 0 Å². The lowest BCUT2D eigenvalue weighted by Gasteiger charge is -2.01. The summed E-state index contributed by atoms with van der Waals surface area (Å²) < 4.78 is 0. The standard InChI is InChI=1S/C9H12N2S/c1-7-4-5-11-8(9(7)10)3-2-6-12/h2-5,12H,6,10H2,1H3. The zero-order valence-corrected chi connectivity index (χ0v) is 7.88. The second-order valence-corrected chi connectivity index (χ2v) is 2.88. The van der Waals surface area contributed by atoms with Crippen LogP contribution in [-0.4, -0.2) is 10.7 Å². The summed E-state index contributed by atoms with van der Waals surface area (Å²) in [5.41, 5.74) is 8.41. The smallest absolute Gasteiger partial charge is 0.0858 e. The molecule has 0 saturated carbocycles. The van der Waals surface area contributed by atoms with E-state index in [2.05, 4.69) is 17.6 Å². The molecule has 2 nitrogen and oxygen atoms in total. The minimum atomic E-state index is 0.703. The number of aryl methyl sites for hydroxylation is 1. The Hall–Kier alpha value is -0.960. The van der Waals surface area contributed by atoms with Gasteiger partial charge in [-0.2, -0.15) is 12.6 Å². The molecule has 0 aliphatic rings. The van der Waals surface area contributed by atoms with Gasteiger partial charge in [0.15, 0.2) is 0 Å². The van der Waals surface area contributed by atoms with E-state index in [-0.39, 0.29) is 0 Å². The molecule has 1 heterocycles. The van der Waals surface area contributed by atoms with Crippen molar-refractivity contribution in [1.82, 2.24) is 4.98 Å². The summed E-state index contributed by atoms with van der Waals surface area (Å²) in [4.78, 5) is 4.13. The van der Waals surface area contributed by atoms with Gasteiger partial charge >= 0.3 is 0 Å². The third-order valence-corrected chi connectivity index (χ3v) is 1.83. The Kier molecular flexibility index (Phi) is 3.17. The first-order chi connectivity index (χ1) is 5.75. The molecule has 0 atom stereocenters. The molecule has 2 N–H and O–H groups in total. The summed E-state index contributed by atoms with van der Waals surface area (Å²) in [6, 6.07) is 1.90. The molecule has 0 fully saturated rings. The number of nitrogens with two attached hydrogens (primary N) is 1. The van der Waals surface area contributed by atoms with Gasteiger partial charge in [-0.05, 0) is 24.6 Å². The van der Waals surface area contributed by atoms with E-state index in [4.69, 9.17) is 5.73 Å². The van der Waals surface area contributed by atoms with E-state index in [1.165, 1.54) is 0 Å². The van der Waals surface area contributed by atoms with Gasteiger partial charge in [0.05, 0.1) is 11.4 Å². The van der Waals surface area contributed by atoms with Gasteiger partial charge in [-0.1, -0.05) is 6.08 Å². The SMILES string of the molecule is Cc1ccnc(C=CCS)c1N. The van der Waals surface area contributed by atoms with Gasteiger partial charge in [-0.15, -0.1) is 0 Å². The van der Waals surface area contributed by atoms with Crippen LogP contribution in [0.15, 0.2) is 18.3 Å². The molecule has 0 saturated heterocycles. The predicted octanol–water partition coefficient (Wildman–Crippen LogP) is 1.92. The maximum absolute atomic E-state index is 5.78. The van der Waals surface area contributed by atoms with Crippen LogP contribution in [0.1, 0.15) is 11.3 Å². The number of rotatable bonds is 2. The van der Waals surface area contributed by atoms with Gasteiger partial charge < -0.3 is 5.73 Å². The van der Waals surface area contributed by atoms with E-state index in [9.17, 15) is 0 Å². The summed E-state index contributed by atoms with van der Waals surface area (Å²) in [6.45, 7) is 1.97. The predicted molar refractivity (Wildman–Crippen MR) is 56.3 cm³/mol. The lowest BCUT2D eigenvalue weighted by Crippen LogP contribution is -1.95. The molecule has 64 valence electrons. The normalized spacial score (nSPS) is 10.8. The molecule has 0 amide bonds. The zero-order valence-electron chi connectivity index (χ0n) is 6.99. The number of thiol groups is 1. The fourth-order valence-electron chi connectivity index (χ4n) is 0.888. The molecule has 0 radical (unpaired) electrons. The van der Waals surface area contributed by atoms with Crippen LogP contribution in [0.5, 0.6) is 0 Å². The minimum Gasteiger partial charge on any atom is -0.397 e. The average Bonchev–Trinajstić information content (AvgIpc) is 2.08. The summed E-state index contributed by atoms with van der Waals surface area (Å²) in [6.07, 6.45) is 5.56. The first-order valence-corrected chi connectivity index (χ1v) is 4.37. The highest BCUT2D eigenvalue weighted by molar-refractivity contribution is 7.80. The van der Waals surface area contributed by atoms with Crippen LogP contribution in [0.3, 0.4) is 0 Å². The number of nitrogens with zero attached hydrogens (tertiary/aromatic N) is 1. The fourth-order valence-corrected chi connectivity index (χ4v) is 0.993. The van der Waals surface area contributed by atoms with Crippen LogP contribution in [0.4, 0.5) is 5.69 Å². The highest BCUT2D eigenvalue weighted by atomic mass is 32.1. The van der Waals surface area contributed by atoms with Crippen LogP contribution in [-0.2, 0) is 0 Å². The molecule has 1 aromatic rings. The van der Waals surface area contributed by atoms with E-state index in [0.29, 0.717) is 5.75 Å². The second kappa shape index (κ2) is 4.16. The average molecular weight is 180 g/mol. The lowest BCUT2D eigenvalue weighted by atomic mass is 10.2. The first-order valence-electron chi connectivity index (χ1n) is 3.74. The van der Waals surface area contributed by atoms with E-state index in [1.807, 2.05) is 25.1 Å². The van der Waals surface area contributed by atoms with Crippen LogP contribution in [0.2, 0.25) is 0 Å². The van der Waals surface area contributed by atoms with Gasteiger partial charge in [0.2, 0.25) is 0 Å². The fraction of sp³-hybridized carbons (Fsp3) is 0.222. The van der Waals surface area contributed by atoms with Gasteiger partial charge in [0, 0.05) is 11.9 Å². The van der Waals surface area contributed by atoms with Crippen molar-refractivity contribution in [2.45, 2.75) is 6.92 Å². The third-order valence-electron chi connectivity index (χ3n) is 1.62. The largest absolute Gasteiger partial charge is 0.397 e. The Morgan fingerprint density at radius 1 is 1.67 bits per heavy atom. The number of nitrogen functional groups attached to an aromatic ring is 1. The van der Waals surface area contributed by atoms with Gasteiger partial charge in [0.25, 0.3) is 0 Å². The maximum atomic E-state index is 5.78. The Balaban J connectivity index is 3.00. The summed E-state index contributed by atoms with van der Waals surface area (Å²) in [5, 5.41) is 0. The summed E-state index contributed by atoms with van der Waals surface area (Å²) >= 11 is 4.06. The van der Waals surface area contributed by atoms with Crippen LogP contribution in [0.25, 0.3) is 6.08 Å². The monoisotopic (exact) mass is 180 g/mol. The van der Waals surface area contributed by atoms with Crippen molar-refractivity contribution >= 4 is 24.4 Å². The Bertz CT molecular complexity index is 295. The molecule has 1 rings (SSSR count). The summed E-state index contributed by atoms with van der Waals surface area (Å²) in [7, 11) is 0. The first kappa shape index (κ1) is 9.13. The van der Waals surface area contributed by atoms with Gasteiger partial charge in [-0.3, -0.25) is 4.98 Å². The van der Waals surface area contributed by atoms with Gasteiger partial charge in [-0.25, -0.2) is 0 Å². The molecule has 1 aromatic heterocycles. The van der Waals surface area contributed by atoms with E-state index < -0.39 is 0 Å². The van der Waals surface area contributed by atoms with Crippen LogP contribution < -0.4 is 5.73 Å². The highest BCUT2D eigenvalue weighted by Gasteiger charge is 1.97. The molecule has 0 aromatic carbocycles. The Morgan fingerprint density at radius 2 is 2.42 bits per heavy atom. The molecular weight excluding hydrogens is 168 g/mol.